The third kappa shape index (κ3) is 2.20. The van der Waals surface area contributed by atoms with Gasteiger partial charge in [-0.1, -0.05) is 0 Å². The third-order valence-electron chi connectivity index (χ3n) is 3.16. The van der Waals surface area contributed by atoms with Gasteiger partial charge in [0.05, 0.1) is 31.5 Å². The van der Waals surface area contributed by atoms with Crippen LogP contribution in [0.5, 0.6) is 11.5 Å². The Morgan fingerprint density at radius 1 is 1.25 bits per heavy atom. The molecule has 0 saturated carbocycles. The Balaban J connectivity index is 2.89. The van der Waals surface area contributed by atoms with Gasteiger partial charge < -0.3 is 19.6 Å². The van der Waals surface area contributed by atoms with Crippen LogP contribution in [0.2, 0.25) is 0 Å². The molecule has 0 aliphatic carbocycles. The van der Waals surface area contributed by atoms with Crippen molar-refractivity contribution in [3.63, 3.8) is 0 Å². The number of carbonyl (C=O) groups is 1. The molecule has 1 aromatic carbocycles. The molecule has 0 aliphatic heterocycles. The predicted octanol–water partition coefficient (Wildman–Crippen LogP) is 1.48. The molecular formula is C14H15NO5. The van der Waals surface area contributed by atoms with E-state index in [9.17, 15) is 9.59 Å². The summed E-state index contributed by atoms with van der Waals surface area (Å²) < 4.78 is 10.4. The van der Waals surface area contributed by atoms with Crippen molar-refractivity contribution in [2.45, 2.75) is 13.3 Å². The number of nitrogens with one attached hydrogen (secondary N) is 1. The number of rotatable bonds is 4. The summed E-state index contributed by atoms with van der Waals surface area (Å²) in [7, 11) is 2.96. The fourth-order valence-electron chi connectivity index (χ4n) is 2.20. The molecule has 2 rings (SSSR count). The summed E-state index contributed by atoms with van der Waals surface area (Å²) in [6.07, 6.45) is -0.336. The SMILES string of the molecule is COc1ccc(OC)c2c(=O)c(CC(=O)O)c(C)[nH]c12. The van der Waals surface area contributed by atoms with Gasteiger partial charge in [-0.3, -0.25) is 9.59 Å². The summed E-state index contributed by atoms with van der Waals surface area (Å²) in [5.41, 5.74) is 0.880. The van der Waals surface area contributed by atoms with Crippen LogP contribution in [0.1, 0.15) is 11.3 Å². The highest BCUT2D eigenvalue weighted by atomic mass is 16.5. The highest BCUT2D eigenvalue weighted by Gasteiger charge is 2.17. The number of carboxylic acids is 1. The maximum Gasteiger partial charge on any atom is 0.308 e. The number of hydrogen-bond acceptors (Lipinski definition) is 4. The molecule has 2 N–H and O–H groups in total. The molecular weight excluding hydrogens is 262 g/mol. The summed E-state index contributed by atoms with van der Waals surface area (Å²) in [5, 5.41) is 9.21. The molecule has 106 valence electrons. The van der Waals surface area contributed by atoms with Gasteiger partial charge >= 0.3 is 5.97 Å². The maximum absolute atomic E-state index is 12.5. The molecule has 2 aromatic rings. The minimum atomic E-state index is -1.06. The summed E-state index contributed by atoms with van der Waals surface area (Å²) >= 11 is 0. The van der Waals surface area contributed by atoms with Crippen LogP contribution in [0.3, 0.4) is 0 Å². The molecule has 0 spiro atoms. The highest BCUT2D eigenvalue weighted by Crippen LogP contribution is 2.30. The molecule has 0 unspecified atom stereocenters. The first-order valence-electron chi connectivity index (χ1n) is 5.97. The van der Waals surface area contributed by atoms with E-state index in [0.29, 0.717) is 28.1 Å². The fraction of sp³-hybridized carbons (Fsp3) is 0.286. The number of benzene rings is 1. The second-order valence-electron chi connectivity index (χ2n) is 4.35. The first-order valence-corrected chi connectivity index (χ1v) is 5.97. The minimum absolute atomic E-state index is 0.219. The lowest BCUT2D eigenvalue weighted by Gasteiger charge is -2.12. The van der Waals surface area contributed by atoms with E-state index in [1.54, 1.807) is 19.1 Å². The van der Waals surface area contributed by atoms with E-state index in [1.165, 1.54) is 14.2 Å². The summed E-state index contributed by atoms with van der Waals surface area (Å²) in [6, 6.07) is 3.31. The van der Waals surface area contributed by atoms with Gasteiger partial charge in [-0.15, -0.1) is 0 Å². The van der Waals surface area contributed by atoms with Gasteiger partial charge in [-0.25, -0.2) is 0 Å². The zero-order valence-electron chi connectivity index (χ0n) is 11.4. The van der Waals surface area contributed by atoms with Crippen molar-refractivity contribution in [3.8, 4) is 11.5 Å². The first-order chi connectivity index (χ1) is 9.49. The van der Waals surface area contributed by atoms with E-state index >= 15 is 0 Å². The van der Waals surface area contributed by atoms with Gasteiger partial charge in [0.2, 0.25) is 0 Å². The Labute approximate surface area is 115 Å². The topological polar surface area (TPSA) is 88.6 Å². The molecule has 6 heteroatoms. The molecule has 0 fully saturated rings. The second-order valence-corrected chi connectivity index (χ2v) is 4.35. The molecule has 0 radical (unpaired) electrons. The largest absolute Gasteiger partial charge is 0.496 e. The normalized spacial score (nSPS) is 10.6. The van der Waals surface area contributed by atoms with Gasteiger partial charge in [0.15, 0.2) is 5.43 Å². The number of aliphatic carboxylic acids is 1. The third-order valence-corrected chi connectivity index (χ3v) is 3.16. The quantitative estimate of drug-likeness (QED) is 0.883. The van der Waals surface area contributed by atoms with E-state index in [4.69, 9.17) is 14.6 Å². The van der Waals surface area contributed by atoms with Crippen molar-refractivity contribution in [1.29, 1.82) is 0 Å². The average molecular weight is 277 g/mol. The summed E-state index contributed by atoms with van der Waals surface area (Å²) in [6.45, 7) is 1.66. The molecule has 0 saturated heterocycles. The number of carboxylic acid groups (broad SMARTS) is 1. The van der Waals surface area contributed by atoms with Crippen LogP contribution in [0.4, 0.5) is 0 Å². The Kier molecular flexibility index (Phi) is 3.65. The van der Waals surface area contributed by atoms with E-state index < -0.39 is 5.97 Å². The monoisotopic (exact) mass is 277 g/mol. The number of methoxy groups -OCH3 is 2. The van der Waals surface area contributed by atoms with E-state index in [0.717, 1.165) is 0 Å². The van der Waals surface area contributed by atoms with Crippen molar-refractivity contribution >= 4 is 16.9 Å². The van der Waals surface area contributed by atoms with Crippen molar-refractivity contribution in [2.24, 2.45) is 0 Å². The summed E-state index contributed by atoms with van der Waals surface area (Å²) in [4.78, 5) is 26.4. The highest BCUT2D eigenvalue weighted by molar-refractivity contribution is 5.91. The summed E-state index contributed by atoms with van der Waals surface area (Å²) in [5.74, 6) is -0.170. The van der Waals surface area contributed by atoms with Crippen LogP contribution < -0.4 is 14.9 Å². The molecule has 0 atom stereocenters. The minimum Gasteiger partial charge on any atom is -0.496 e. The van der Waals surface area contributed by atoms with Gasteiger partial charge in [-0.2, -0.15) is 0 Å². The zero-order valence-corrected chi connectivity index (χ0v) is 11.4. The van der Waals surface area contributed by atoms with Gasteiger partial charge in [0, 0.05) is 11.3 Å². The predicted molar refractivity (Wildman–Crippen MR) is 73.7 cm³/mol. The number of fused-ring (bicyclic) bond motifs is 1. The van der Waals surface area contributed by atoms with E-state index in [-0.39, 0.29) is 17.4 Å². The maximum atomic E-state index is 12.5. The number of ether oxygens (including phenoxy) is 2. The standard InChI is InChI=1S/C14H15NO5/c1-7-8(6-11(16)17)14(18)12-9(19-2)4-5-10(20-3)13(12)15-7/h4-5H,6H2,1-3H3,(H,15,18)(H,16,17). The van der Waals surface area contributed by atoms with Crippen LogP contribution in [-0.2, 0) is 11.2 Å². The number of H-pyrrole nitrogens is 1. The number of hydrogen-bond donors (Lipinski definition) is 2. The molecule has 0 amide bonds. The van der Waals surface area contributed by atoms with Crippen molar-refractivity contribution in [3.05, 3.63) is 33.6 Å². The Morgan fingerprint density at radius 3 is 2.40 bits per heavy atom. The molecule has 1 aromatic heterocycles. The number of pyridine rings is 1. The fourth-order valence-corrected chi connectivity index (χ4v) is 2.20. The van der Waals surface area contributed by atoms with Crippen LogP contribution >= 0.6 is 0 Å². The zero-order chi connectivity index (χ0) is 14.9. The smallest absolute Gasteiger partial charge is 0.308 e. The lowest BCUT2D eigenvalue weighted by molar-refractivity contribution is -0.136. The van der Waals surface area contributed by atoms with Gasteiger partial charge in [0.25, 0.3) is 0 Å². The Bertz CT molecular complexity index is 732. The van der Waals surface area contributed by atoms with E-state index in [2.05, 4.69) is 4.98 Å². The molecule has 1 heterocycles. The Hall–Kier alpha value is -2.50. The van der Waals surface area contributed by atoms with Gasteiger partial charge in [-0.05, 0) is 19.1 Å². The van der Waals surface area contributed by atoms with Crippen LogP contribution in [0, 0.1) is 6.92 Å². The van der Waals surface area contributed by atoms with Crippen molar-refractivity contribution < 1.29 is 19.4 Å². The van der Waals surface area contributed by atoms with Crippen LogP contribution in [0.15, 0.2) is 16.9 Å². The molecule has 0 aliphatic rings. The average Bonchev–Trinajstić information content (AvgIpc) is 2.41. The van der Waals surface area contributed by atoms with Crippen LogP contribution in [-0.4, -0.2) is 30.3 Å². The number of aromatic nitrogens is 1. The van der Waals surface area contributed by atoms with E-state index in [1.807, 2.05) is 0 Å². The second kappa shape index (κ2) is 5.24. The lowest BCUT2D eigenvalue weighted by atomic mass is 10.0. The number of aromatic amines is 1. The van der Waals surface area contributed by atoms with Crippen molar-refractivity contribution in [1.82, 2.24) is 4.98 Å². The molecule has 6 nitrogen and oxygen atoms in total. The number of aryl methyl sites for hydroxylation is 1. The lowest BCUT2D eigenvalue weighted by Crippen LogP contribution is -2.18. The first kappa shape index (κ1) is 13.9. The van der Waals surface area contributed by atoms with Gasteiger partial charge in [0.1, 0.15) is 11.5 Å². The molecule has 20 heavy (non-hydrogen) atoms. The van der Waals surface area contributed by atoms with Crippen molar-refractivity contribution in [2.75, 3.05) is 14.2 Å². The Morgan fingerprint density at radius 2 is 1.85 bits per heavy atom. The van der Waals surface area contributed by atoms with Crippen LogP contribution in [0.25, 0.3) is 10.9 Å². The molecule has 0 bridgehead atoms.